The van der Waals surface area contributed by atoms with Gasteiger partial charge in [-0.2, -0.15) is 0 Å². The largest absolute Gasteiger partial charge is 0.370 e. The highest BCUT2D eigenvalue weighted by Gasteiger charge is 2.27. The highest BCUT2D eigenvalue weighted by atomic mass is 16.5. The first-order chi connectivity index (χ1) is 14.3. The molecule has 1 aliphatic heterocycles. The summed E-state index contributed by atoms with van der Waals surface area (Å²) in [5.41, 5.74) is 3.77. The van der Waals surface area contributed by atoms with Crippen LogP contribution in [-0.2, 0) is 24.4 Å². The molecule has 0 bridgehead atoms. The molecule has 146 valence electrons. The van der Waals surface area contributed by atoms with Crippen LogP contribution in [0.3, 0.4) is 0 Å². The molecular weight excluding hydrogens is 364 g/mol. The van der Waals surface area contributed by atoms with Crippen molar-refractivity contribution in [2.45, 2.75) is 25.8 Å². The first kappa shape index (κ1) is 17.7. The quantitative estimate of drug-likeness (QED) is 0.583. The third kappa shape index (κ3) is 3.67. The Morgan fingerprint density at radius 1 is 1.10 bits per heavy atom. The number of hydrogen-bond acceptors (Lipinski definition) is 3. The van der Waals surface area contributed by atoms with Crippen LogP contribution in [0.2, 0.25) is 0 Å². The molecule has 1 atom stereocenters. The zero-order valence-electron chi connectivity index (χ0n) is 16.0. The molecule has 1 unspecified atom stereocenters. The van der Waals surface area contributed by atoms with Crippen LogP contribution in [0, 0.1) is 0 Å². The molecule has 0 saturated heterocycles. The molecule has 4 aromatic rings. The topological polar surface area (TPSA) is 63.2 Å². The van der Waals surface area contributed by atoms with Gasteiger partial charge in [0.1, 0.15) is 5.69 Å². The summed E-state index contributed by atoms with van der Waals surface area (Å²) in [5, 5.41) is 1.04. The van der Waals surface area contributed by atoms with Gasteiger partial charge < -0.3 is 19.2 Å². The number of hydrogen-bond donors (Lipinski definition) is 1. The number of rotatable bonds is 4. The Morgan fingerprint density at radius 2 is 1.97 bits per heavy atom. The van der Waals surface area contributed by atoms with Crippen molar-refractivity contribution in [3.63, 3.8) is 0 Å². The summed E-state index contributed by atoms with van der Waals surface area (Å²) in [6.07, 6.45) is 5.49. The standard InChI is InChI=1S/C23H22N4O2/c28-23(22-12-18-4-1-2-6-21(18)25-22)27-13-19-5-3-11-26(19)14-20(15-27)29-16-17-7-9-24-10-8-17/h1-12,20,25H,13-16H2. The number of aromatic amines is 1. The van der Waals surface area contributed by atoms with Crippen LogP contribution in [0.25, 0.3) is 10.9 Å². The molecule has 0 spiro atoms. The van der Waals surface area contributed by atoms with Crippen LogP contribution in [0.4, 0.5) is 0 Å². The number of aromatic nitrogens is 3. The Bertz CT molecular complexity index is 1100. The predicted octanol–water partition coefficient (Wildman–Crippen LogP) is 3.61. The fourth-order valence-corrected chi connectivity index (χ4v) is 3.87. The monoisotopic (exact) mass is 386 g/mol. The molecule has 0 fully saturated rings. The third-order valence-corrected chi connectivity index (χ3v) is 5.38. The van der Waals surface area contributed by atoms with E-state index in [1.54, 1.807) is 12.4 Å². The number of pyridine rings is 1. The van der Waals surface area contributed by atoms with Crippen molar-refractivity contribution in [3.05, 3.63) is 90.1 Å². The van der Waals surface area contributed by atoms with E-state index in [9.17, 15) is 4.79 Å². The second-order valence-corrected chi connectivity index (χ2v) is 7.40. The average Bonchev–Trinajstić information content (AvgIpc) is 3.34. The highest BCUT2D eigenvalue weighted by molar-refractivity contribution is 5.98. The Hall–Kier alpha value is -3.38. The van der Waals surface area contributed by atoms with E-state index in [1.165, 1.54) is 0 Å². The second kappa shape index (κ2) is 7.56. The minimum Gasteiger partial charge on any atom is -0.370 e. The van der Waals surface area contributed by atoms with E-state index in [-0.39, 0.29) is 12.0 Å². The van der Waals surface area contributed by atoms with Crippen LogP contribution in [0.15, 0.2) is 73.2 Å². The Balaban J connectivity index is 1.38. The molecule has 1 aliphatic rings. The maximum Gasteiger partial charge on any atom is 0.270 e. The van der Waals surface area contributed by atoms with Gasteiger partial charge in [-0.1, -0.05) is 18.2 Å². The van der Waals surface area contributed by atoms with Gasteiger partial charge >= 0.3 is 0 Å². The van der Waals surface area contributed by atoms with Gasteiger partial charge in [0.2, 0.25) is 0 Å². The van der Waals surface area contributed by atoms with Gasteiger partial charge in [-0.05, 0) is 42.0 Å². The van der Waals surface area contributed by atoms with Gasteiger partial charge in [0.25, 0.3) is 5.91 Å². The molecular formula is C23H22N4O2. The molecule has 0 radical (unpaired) electrons. The molecule has 0 aliphatic carbocycles. The van der Waals surface area contributed by atoms with E-state index in [1.807, 2.05) is 53.4 Å². The molecule has 4 heterocycles. The lowest BCUT2D eigenvalue weighted by atomic mass is 10.2. The number of fused-ring (bicyclic) bond motifs is 2. The number of para-hydroxylation sites is 1. The minimum atomic E-state index is -0.0925. The number of carbonyl (C=O) groups excluding carboxylic acids is 1. The zero-order chi connectivity index (χ0) is 19.6. The van der Waals surface area contributed by atoms with Crippen molar-refractivity contribution in [1.82, 2.24) is 19.4 Å². The number of carbonyl (C=O) groups is 1. The lowest BCUT2D eigenvalue weighted by Crippen LogP contribution is -2.37. The van der Waals surface area contributed by atoms with Crippen molar-refractivity contribution in [3.8, 4) is 0 Å². The molecule has 6 heteroatoms. The number of ether oxygens (including phenoxy) is 1. The zero-order valence-corrected chi connectivity index (χ0v) is 16.0. The number of nitrogens with one attached hydrogen (secondary N) is 1. The van der Waals surface area contributed by atoms with E-state index in [0.717, 1.165) is 28.7 Å². The van der Waals surface area contributed by atoms with E-state index < -0.39 is 0 Å². The Labute approximate surface area is 168 Å². The van der Waals surface area contributed by atoms with Gasteiger partial charge in [0.15, 0.2) is 0 Å². The van der Waals surface area contributed by atoms with Gasteiger partial charge in [-0.3, -0.25) is 9.78 Å². The van der Waals surface area contributed by atoms with Crippen LogP contribution in [-0.4, -0.2) is 38.0 Å². The fourth-order valence-electron chi connectivity index (χ4n) is 3.87. The predicted molar refractivity (Wildman–Crippen MR) is 110 cm³/mol. The highest BCUT2D eigenvalue weighted by Crippen LogP contribution is 2.21. The van der Waals surface area contributed by atoms with Gasteiger partial charge in [-0.15, -0.1) is 0 Å². The van der Waals surface area contributed by atoms with Crippen LogP contribution in [0.5, 0.6) is 0 Å². The SMILES string of the molecule is O=C(c1cc2ccccc2[nH]1)N1Cc2cccn2CC(OCc2ccncc2)C1. The van der Waals surface area contributed by atoms with Crippen LogP contribution in [0.1, 0.15) is 21.7 Å². The number of H-pyrrole nitrogens is 1. The summed E-state index contributed by atoms with van der Waals surface area (Å²) in [6.45, 7) is 2.33. The normalized spacial score (nSPS) is 16.6. The van der Waals surface area contributed by atoms with E-state index in [4.69, 9.17) is 4.74 Å². The van der Waals surface area contributed by atoms with Crippen molar-refractivity contribution in [1.29, 1.82) is 0 Å². The second-order valence-electron chi connectivity index (χ2n) is 7.40. The fraction of sp³-hybridized carbons (Fsp3) is 0.217. The summed E-state index contributed by atoms with van der Waals surface area (Å²) in [4.78, 5) is 22.5. The first-order valence-corrected chi connectivity index (χ1v) is 9.78. The van der Waals surface area contributed by atoms with Gasteiger partial charge in [0.05, 0.1) is 25.8 Å². The third-order valence-electron chi connectivity index (χ3n) is 5.38. The van der Waals surface area contributed by atoms with Crippen LogP contribution < -0.4 is 0 Å². The number of benzene rings is 1. The summed E-state index contributed by atoms with van der Waals surface area (Å²) < 4.78 is 8.37. The summed E-state index contributed by atoms with van der Waals surface area (Å²) in [5.74, 6) is -0.00615. The summed E-state index contributed by atoms with van der Waals surface area (Å²) in [6, 6.07) is 17.9. The van der Waals surface area contributed by atoms with Crippen molar-refractivity contribution >= 4 is 16.8 Å². The summed E-state index contributed by atoms with van der Waals surface area (Å²) in [7, 11) is 0. The van der Waals surface area contributed by atoms with Crippen molar-refractivity contribution < 1.29 is 9.53 Å². The molecule has 1 amide bonds. The number of amides is 1. The average molecular weight is 386 g/mol. The van der Waals surface area contributed by atoms with Crippen molar-refractivity contribution in [2.24, 2.45) is 0 Å². The van der Waals surface area contributed by atoms with Crippen LogP contribution >= 0.6 is 0 Å². The van der Waals surface area contributed by atoms with Gasteiger partial charge in [0, 0.05) is 41.7 Å². The molecule has 0 saturated carbocycles. The van der Waals surface area contributed by atoms with Gasteiger partial charge in [-0.25, -0.2) is 0 Å². The molecule has 29 heavy (non-hydrogen) atoms. The number of nitrogens with zero attached hydrogens (tertiary/aromatic N) is 3. The minimum absolute atomic E-state index is 0.00615. The van der Waals surface area contributed by atoms with E-state index in [0.29, 0.717) is 25.4 Å². The molecule has 6 nitrogen and oxygen atoms in total. The first-order valence-electron chi connectivity index (χ1n) is 9.78. The lowest BCUT2D eigenvalue weighted by molar-refractivity contribution is 0.0104. The maximum atomic E-state index is 13.3. The molecule has 1 aromatic carbocycles. The maximum absolute atomic E-state index is 13.3. The Morgan fingerprint density at radius 3 is 2.83 bits per heavy atom. The lowest BCUT2D eigenvalue weighted by Gasteiger charge is -2.24. The molecule has 3 aromatic heterocycles. The Kier molecular flexibility index (Phi) is 4.62. The summed E-state index contributed by atoms with van der Waals surface area (Å²) >= 11 is 0. The van der Waals surface area contributed by atoms with E-state index in [2.05, 4.69) is 26.8 Å². The smallest absolute Gasteiger partial charge is 0.270 e. The van der Waals surface area contributed by atoms with E-state index >= 15 is 0 Å². The molecule has 5 rings (SSSR count). The molecule has 1 N–H and O–H groups in total. The van der Waals surface area contributed by atoms with Crippen molar-refractivity contribution in [2.75, 3.05) is 6.54 Å².